The number of hydrogen-bond donors (Lipinski definition) is 5. The summed E-state index contributed by atoms with van der Waals surface area (Å²) in [5.74, 6) is -1.80. The lowest BCUT2D eigenvalue weighted by Gasteiger charge is -2.30. The molecule has 10 heteroatoms. The fourth-order valence-electron chi connectivity index (χ4n) is 3.63. The molecular formula is C27H43N5O5. The largest absolute Gasteiger partial charge is 0.359 e. The van der Waals surface area contributed by atoms with E-state index in [9.17, 15) is 24.0 Å². The summed E-state index contributed by atoms with van der Waals surface area (Å²) in [6.45, 7) is 7.57. The Morgan fingerprint density at radius 1 is 0.946 bits per heavy atom. The molecule has 0 spiro atoms. The summed E-state index contributed by atoms with van der Waals surface area (Å²) in [6.07, 6.45) is 4.69. The first kappa shape index (κ1) is 31.6. The van der Waals surface area contributed by atoms with Gasteiger partial charge in [-0.1, -0.05) is 70.4 Å². The van der Waals surface area contributed by atoms with Gasteiger partial charge in [-0.25, -0.2) is 0 Å². The van der Waals surface area contributed by atoms with Crippen LogP contribution < -0.4 is 26.6 Å². The smallest absolute Gasteiger partial charge is 0.245 e. The molecule has 0 fully saturated rings. The van der Waals surface area contributed by atoms with Crippen molar-refractivity contribution in [3.63, 3.8) is 0 Å². The second kappa shape index (κ2) is 17.1. The first-order valence-corrected chi connectivity index (χ1v) is 13.0. The van der Waals surface area contributed by atoms with Crippen LogP contribution in [0.3, 0.4) is 0 Å². The van der Waals surface area contributed by atoms with E-state index in [1.54, 1.807) is 27.7 Å². The first-order chi connectivity index (χ1) is 17.6. The molecule has 37 heavy (non-hydrogen) atoms. The summed E-state index contributed by atoms with van der Waals surface area (Å²) in [4.78, 5) is 60.8. The Morgan fingerprint density at radius 3 is 2.24 bits per heavy atom. The van der Waals surface area contributed by atoms with E-state index in [2.05, 4.69) is 26.6 Å². The maximum absolute atomic E-state index is 13.0. The van der Waals surface area contributed by atoms with Gasteiger partial charge in [-0.2, -0.15) is 0 Å². The van der Waals surface area contributed by atoms with Crippen molar-refractivity contribution in [3.05, 3.63) is 35.9 Å². The van der Waals surface area contributed by atoms with Gasteiger partial charge in [-0.3, -0.25) is 24.0 Å². The van der Waals surface area contributed by atoms with Crippen molar-refractivity contribution in [1.29, 1.82) is 0 Å². The molecule has 10 nitrogen and oxygen atoms in total. The number of carbonyl (C=O) groups excluding carboxylic acids is 5. The Hall–Kier alpha value is -3.43. The highest BCUT2D eigenvalue weighted by Crippen LogP contribution is 2.17. The molecule has 0 radical (unpaired) electrons. The Labute approximate surface area is 220 Å². The van der Waals surface area contributed by atoms with Crippen LogP contribution in [0.25, 0.3) is 0 Å². The third-order valence-electron chi connectivity index (χ3n) is 6.03. The van der Waals surface area contributed by atoms with Crippen LogP contribution >= 0.6 is 0 Å². The Bertz CT molecular complexity index is 877. The molecule has 1 rings (SSSR count). The Kier molecular flexibility index (Phi) is 14.6. The highest BCUT2D eigenvalue weighted by atomic mass is 16.2. The molecule has 2 atom stereocenters. The number of carbonyl (C=O) groups is 5. The van der Waals surface area contributed by atoms with Crippen LogP contribution in [-0.2, 0) is 30.5 Å². The molecule has 5 N–H and O–H groups in total. The van der Waals surface area contributed by atoms with Crippen LogP contribution in [0.1, 0.15) is 71.8 Å². The number of unbranched alkanes of at least 4 members (excludes halogenated alkanes) is 3. The number of rotatable bonds is 18. The van der Waals surface area contributed by atoms with Crippen LogP contribution in [0.5, 0.6) is 0 Å². The van der Waals surface area contributed by atoms with Gasteiger partial charge in [0.1, 0.15) is 11.6 Å². The van der Waals surface area contributed by atoms with Crippen molar-refractivity contribution in [2.75, 3.05) is 13.1 Å². The van der Waals surface area contributed by atoms with Gasteiger partial charge in [0.05, 0.1) is 6.54 Å². The second-order valence-electron chi connectivity index (χ2n) is 9.63. The molecule has 0 aliphatic heterocycles. The normalized spacial score (nSPS) is 13.1. The summed E-state index contributed by atoms with van der Waals surface area (Å²) >= 11 is 0. The van der Waals surface area contributed by atoms with Crippen molar-refractivity contribution in [2.24, 2.45) is 5.92 Å². The van der Waals surface area contributed by atoms with E-state index in [0.29, 0.717) is 38.8 Å². The van der Waals surface area contributed by atoms with E-state index >= 15 is 0 Å². The molecule has 1 aromatic carbocycles. The lowest BCUT2D eigenvalue weighted by molar-refractivity contribution is -0.135. The lowest BCUT2D eigenvalue weighted by Crippen LogP contribution is -2.59. The van der Waals surface area contributed by atoms with Gasteiger partial charge < -0.3 is 26.6 Å². The van der Waals surface area contributed by atoms with E-state index in [0.717, 1.165) is 24.8 Å². The van der Waals surface area contributed by atoms with Crippen LogP contribution in [0.4, 0.5) is 0 Å². The zero-order valence-electron chi connectivity index (χ0n) is 22.5. The highest BCUT2D eigenvalue weighted by Gasteiger charge is 2.35. The molecule has 5 amide bonds. The monoisotopic (exact) mass is 517 g/mol. The SMILES string of the molecule is CCC(NC(=O)CNC(=O)C(C)(CCCCCCNC=O)NC(=O)C(C)C)C(=O)NCc1ccccc1. The molecule has 0 aliphatic carbocycles. The molecule has 2 unspecified atom stereocenters. The highest BCUT2D eigenvalue weighted by molar-refractivity contribution is 5.94. The summed E-state index contributed by atoms with van der Waals surface area (Å²) < 4.78 is 0. The van der Waals surface area contributed by atoms with E-state index in [4.69, 9.17) is 0 Å². The molecule has 0 bridgehead atoms. The summed E-state index contributed by atoms with van der Waals surface area (Å²) in [6, 6.07) is 8.73. The van der Waals surface area contributed by atoms with Crippen molar-refractivity contribution in [1.82, 2.24) is 26.6 Å². The maximum Gasteiger partial charge on any atom is 0.245 e. The van der Waals surface area contributed by atoms with Gasteiger partial charge in [-0.05, 0) is 31.7 Å². The van der Waals surface area contributed by atoms with Crippen LogP contribution in [0.15, 0.2) is 30.3 Å². The molecule has 0 saturated heterocycles. The van der Waals surface area contributed by atoms with Gasteiger partial charge in [0.2, 0.25) is 30.0 Å². The number of amides is 5. The van der Waals surface area contributed by atoms with Crippen LogP contribution in [0.2, 0.25) is 0 Å². The minimum Gasteiger partial charge on any atom is -0.359 e. The standard InChI is InChI=1S/C27H43N5O5/c1-5-22(25(36)29-17-21-13-9-8-10-14-21)31-23(34)18-30-26(37)27(4,32-24(35)20(2)3)15-11-6-7-12-16-28-19-33/h8-10,13-14,19-20,22H,5-7,11-12,15-18H2,1-4H3,(H,28,33)(H,29,36)(H,30,37)(H,31,34)(H,32,35). The topological polar surface area (TPSA) is 146 Å². The van der Waals surface area contributed by atoms with E-state index < -0.39 is 23.4 Å². The van der Waals surface area contributed by atoms with Gasteiger partial charge in [-0.15, -0.1) is 0 Å². The molecule has 206 valence electrons. The summed E-state index contributed by atoms with van der Waals surface area (Å²) in [5.41, 5.74) is -0.232. The second-order valence-corrected chi connectivity index (χ2v) is 9.63. The fraction of sp³-hybridized carbons (Fsp3) is 0.593. The molecule has 0 aromatic heterocycles. The Morgan fingerprint density at radius 2 is 1.62 bits per heavy atom. The van der Waals surface area contributed by atoms with Crippen molar-refractivity contribution in [3.8, 4) is 0 Å². The summed E-state index contributed by atoms with van der Waals surface area (Å²) in [5, 5.41) is 13.5. The average molecular weight is 518 g/mol. The minimum absolute atomic E-state index is 0.251. The zero-order chi connectivity index (χ0) is 27.7. The molecule has 0 saturated carbocycles. The maximum atomic E-state index is 13.0. The first-order valence-electron chi connectivity index (χ1n) is 13.0. The third kappa shape index (κ3) is 12.4. The van der Waals surface area contributed by atoms with Gasteiger partial charge in [0.15, 0.2) is 0 Å². The van der Waals surface area contributed by atoms with Crippen molar-refractivity contribution in [2.45, 2.75) is 84.3 Å². The predicted molar refractivity (Wildman–Crippen MR) is 142 cm³/mol. The summed E-state index contributed by atoms with van der Waals surface area (Å²) in [7, 11) is 0. The van der Waals surface area contributed by atoms with Gasteiger partial charge in [0, 0.05) is 19.0 Å². The quantitative estimate of drug-likeness (QED) is 0.148. The lowest BCUT2D eigenvalue weighted by atomic mass is 9.92. The molecular weight excluding hydrogens is 474 g/mol. The zero-order valence-corrected chi connectivity index (χ0v) is 22.5. The van der Waals surface area contributed by atoms with Gasteiger partial charge in [0.25, 0.3) is 0 Å². The van der Waals surface area contributed by atoms with E-state index in [-0.39, 0.29) is 24.3 Å². The van der Waals surface area contributed by atoms with Gasteiger partial charge >= 0.3 is 0 Å². The molecule has 0 aliphatic rings. The number of benzene rings is 1. The fourth-order valence-corrected chi connectivity index (χ4v) is 3.63. The van der Waals surface area contributed by atoms with E-state index in [1.165, 1.54) is 0 Å². The Balaban J connectivity index is 2.61. The van der Waals surface area contributed by atoms with Crippen molar-refractivity contribution < 1.29 is 24.0 Å². The third-order valence-corrected chi connectivity index (χ3v) is 6.03. The van der Waals surface area contributed by atoms with Crippen molar-refractivity contribution >= 4 is 30.0 Å². The molecule has 0 heterocycles. The number of nitrogens with one attached hydrogen (secondary N) is 5. The van der Waals surface area contributed by atoms with Crippen LogP contribution in [-0.4, -0.2) is 54.7 Å². The molecule has 1 aromatic rings. The average Bonchev–Trinajstić information content (AvgIpc) is 2.88. The van der Waals surface area contributed by atoms with Crippen LogP contribution in [0, 0.1) is 5.92 Å². The number of hydrogen-bond acceptors (Lipinski definition) is 5. The van der Waals surface area contributed by atoms with E-state index in [1.807, 2.05) is 30.3 Å². The minimum atomic E-state index is -1.18. The predicted octanol–water partition coefficient (Wildman–Crippen LogP) is 1.54.